The number of fused-ring (bicyclic) bond motifs is 1. The molecule has 30 heavy (non-hydrogen) atoms. The highest BCUT2D eigenvalue weighted by atomic mass is 16.5. The third-order valence-electron chi connectivity index (χ3n) is 4.97. The molecular formula is C23H27N3O4. The van der Waals surface area contributed by atoms with Crippen LogP contribution in [0.1, 0.15) is 36.9 Å². The molecule has 0 spiro atoms. The molecule has 3 rings (SSSR count). The summed E-state index contributed by atoms with van der Waals surface area (Å²) < 4.78 is 5.52. The first-order chi connectivity index (χ1) is 14.5. The minimum atomic E-state index is -1.05. The van der Waals surface area contributed by atoms with Crippen LogP contribution in [0, 0.1) is 6.92 Å². The predicted octanol–water partition coefficient (Wildman–Crippen LogP) is 3.84. The second-order valence-corrected chi connectivity index (χ2v) is 7.30. The third kappa shape index (κ3) is 5.45. The number of carboxylic acid groups (broad SMARTS) is 1. The van der Waals surface area contributed by atoms with Crippen LogP contribution < -0.4 is 10.5 Å². The van der Waals surface area contributed by atoms with E-state index in [-0.39, 0.29) is 5.75 Å². The van der Waals surface area contributed by atoms with E-state index in [1.807, 2.05) is 31.2 Å². The topological polar surface area (TPSA) is 119 Å². The first-order valence-electron chi connectivity index (χ1n) is 10.1. The molecule has 0 aliphatic carbocycles. The second kappa shape index (κ2) is 10.0. The number of ether oxygens (including phenoxy) is 1. The Morgan fingerprint density at radius 3 is 2.53 bits per heavy atom. The lowest BCUT2D eigenvalue weighted by molar-refractivity contribution is -0.139. The molecule has 2 aromatic carbocycles. The second-order valence-electron chi connectivity index (χ2n) is 7.30. The zero-order chi connectivity index (χ0) is 21.5. The van der Waals surface area contributed by atoms with Crippen molar-refractivity contribution in [3.8, 4) is 23.0 Å². The van der Waals surface area contributed by atoms with Crippen LogP contribution in [0.15, 0.2) is 36.4 Å². The van der Waals surface area contributed by atoms with Crippen LogP contribution in [0.2, 0.25) is 0 Å². The van der Waals surface area contributed by atoms with Crippen molar-refractivity contribution in [2.45, 2.75) is 39.0 Å². The number of phenolic OH excluding ortho intramolecular Hbond substituents is 1. The van der Waals surface area contributed by atoms with Crippen LogP contribution in [0.25, 0.3) is 22.2 Å². The Morgan fingerprint density at radius 2 is 1.77 bits per heavy atom. The molecule has 0 saturated carbocycles. The zero-order valence-corrected chi connectivity index (χ0v) is 17.1. The van der Waals surface area contributed by atoms with Crippen molar-refractivity contribution in [2.24, 2.45) is 5.73 Å². The van der Waals surface area contributed by atoms with Crippen molar-refractivity contribution in [3.05, 3.63) is 47.7 Å². The van der Waals surface area contributed by atoms with E-state index in [2.05, 4.69) is 9.97 Å². The number of nitrogens with two attached hydrogens (primary N) is 1. The number of unbranched alkanes of at least 4 members (excludes halogenated alkanes) is 3. The number of aromatic hydroxyl groups is 1. The van der Waals surface area contributed by atoms with E-state index in [1.54, 1.807) is 12.1 Å². The van der Waals surface area contributed by atoms with E-state index in [4.69, 9.17) is 15.6 Å². The number of benzene rings is 2. The van der Waals surface area contributed by atoms with Crippen LogP contribution in [-0.2, 0) is 11.2 Å². The van der Waals surface area contributed by atoms with Crippen LogP contribution in [0.5, 0.6) is 11.6 Å². The molecule has 0 aliphatic heterocycles. The Balaban J connectivity index is 1.91. The van der Waals surface area contributed by atoms with Gasteiger partial charge < -0.3 is 20.7 Å². The molecule has 7 nitrogen and oxygen atoms in total. The monoisotopic (exact) mass is 409 g/mol. The van der Waals surface area contributed by atoms with Gasteiger partial charge in [-0.25, -0.2) is 9.78 Å². The number of nitrogens with zero attached hydrogens (tertiary/aromatic N) is 2. The molecule has 0 amide bonds. The molecule has 0 aliphatic rings. The first-order valence-corrected chi connectivity index (χ1v) is 10.1. The summed E-state index contributed by atoms with van der Waals surface area (Å²) >= 11 is 0. The minimum Gasteiger partial charge on any atom is -0.508 e. The summed E-state index contributed by atoms with van der Waals surface area (Å²) in [6.07, 6.45) is 4.76. The van der Waals surface area contributed by atoms with Gasteiger partial charge in [0.2, 0.25) is 5.88 Å². The largest absolute Gasteiger partial charge is 0.508 e. The maximum atomic E-state index is 11.0. The van der Waals surface area contributed by atoms with Gasteiger partial charge >= 0.3 is 5.97 Å². The molecule has 1 aromatic heterocycles. The quantitative estimate of drug-likeness (QED) is 0.435. The maximum absolute atomic E-state index is 11.0. The minimum absolute atomic E-state index is 0.211. The molecule has 7 heteroatoms. The van der Waals surface area contributed by atoms with Gasteiger partial charge in [-0.1, -0.05) is 31.0 Å². The molecule has 0 bridgehead atoms. The van der Waals surface area contributed by atoms with Crippen LogP contribution in [-0.4, -0.2) is 39.3 Å². The van der Waals surface area contributed by atoms with Gasteiger partial charge in [-0.2, -0.15) is 4.98 Å². The number of phenols is 1. The average Bonchev–Trinajstić information content (AvgIpc) is 2.72. The van der Waals surface area contributed by atoms with Crippen LogP contribution in [0.4, 0.5) is 0 Å². The number of aliphatic carboxylic acids is 1. The van der Waals surface area contributed by atoms with Crippen molar-refractivity contribution >= 4 is 16.7 Å². The molecule has 0 fully saturated rings. The molecular weight excluding hydrogens is 382 g/mol. The number of hydrogen-bond acceptors (Lipinski definition) is 6. The summed E-state index contributed by atoms with van der Waals surface area (Å²) in [7, 11) is 0. The number of carbonyl (C=O) groups is 1. The van der Waals surface area contributed by atoms with Gasteiger partial charge in [0.15, 0.2) is 12.4 Å². The average molecular weight is 409 g/mol. The lowest BCUT2D eigenvalue weighted by Gasteiger charge is -2.14. The lowest BCUT2D eigenvalue weighted by Crippen LogP contribution is -2.13. The Bertz CT molecular complexity index is 1040. The Morgan fingerprint density at radius 1 is 1.03 bits per heavy atom. The van der Waals surface area contributed by atoms with Crippen molar-refractivity contribution in [1.29, 1.82) is 0 Å². The van der Waals surface area contributed by atoms with E-state index in [0.717, 1.165) is 59.7 Å². The Kier molecular flexibility index (Phi) is 7.19. The number of aromatic nitrogens is 2. The number of rotatable bonds is 10. The molecule has 0 unspecified atom stereocenters. The van der Waals surface area contributed by atoms with E-state index < -0.39 is 12.6 Å². The molecule has 1 heterocycles. The van der Waals surface area contributed by atoms with Gasteiger partial charge in [0.25, 0.3) is 0 Å². The van der Waals surface area contributed by atoms with Gasteiger partial charge in [-0.15, -0.1) is 0 Å². The first kappa shape index (κ1) is 21.5. The highest BCUT2D eigenvalue weighted by Gasteiger charge is 2.15. The Labute approximate surface area is 175 Å². The molecule has 158 valence electrons. The molecule has 4 N–H and O–H groups in total. The summed E-state index contributed by atoms with van der Waals surface area (Å²) in [4.78, 5) is 20.2. The van der Waals surface area contributed by atoms with E-state index in [9.17, 15) is 9.90 Å². The molecule has 3 aromatic rings. The summed E-state index contributed by atoms with van der Waals surface area (Å²) in [6, 6.07) is 10.9. The van der Waals surface area contributed by atoms with Gasteiger partial charge in [0.1, 0.15) is 5.75 Å². The number of carboxylic acids is 1. The summed E-state index contributed by atoms with van der Waals surface area (Å²) in [5.74, 6) is -0.0333. The van der Waals surface area contributed by atoms with Gasteiger partial charge in [-0.05, 0) is 61.7 Å². The Hall–Kier alpha value is -3.19. The van der Waals surface area contributed by atoms with Crippen molar-refractivity contribution < 1.29 is 19.7 Å². The van der Waals surface area contributed by atoms with Crippen LogP contribution in [0.3, 0.4) is 0 Å². The lowest BCUT2D eigenvalue weighted by atomic mass is 10.0. The smallest absolute Gasteiger partial charge is 0.341 e. The van der Waals surface area contributed by atoms with E-state index in [0.29, 0.717) is 18.2 Å². The van der Waals surface area contributed by atoms with E-state index in [1.165, 1.54) is 0 Å². The fourth-order valence-electron chi connectivity index (χ4n) is 3.41. The molecule has 0 radical (unpaired) electrons. The van der Waals surface area contributed by atoms with Crippen LogP contribution >= 0.6 is 0 Å². The summed E-state index contributed by atoms with van der Waals surface area (Å²) in [5.41, 5.74) is 7.97. The van der Waals surface area contributed by atoms with Crippen molar-refractivity contribution in [2.75, 3.05) is 13.2 Å². The zero-order valence-electron chi connectivity index (χ0n) is 17.1. The van der Waals surface area contributed by atoms with Gasteiger partial charge in [-0.3, -0.25) is 0 Å². The fraction of sp³-hybridized carbons (Fsp3) is 0.348. The van der Waals surface area contributed by atoms with Crippen molar-refractivity contribution in [3.63, 3.8) is 0 Å². The molecule has 0 saturated heterocycles. The number of hydrogen-bond donors (Lipinski definition) is 3. The summed E-state index contributed by atoms with van der Waals surface area (Å²) in [5, 5.41) is 20.5. The highest BCUT2D eigenvalue weighted by Crippen LogP contribution is 2.29. The van der Waals surface area contributed by atoms with Gasteiger partial charge in [0, 0.05) is 16.8 Å². The number of aryl methyl sites for hydroxylation is 1. The standard InChI is InChI=1S/C23H27N3O4/c1-15-20(6-4-2-3-5-11-24)23(30-14-21(28)29)26-22(25-15)18-8-7-17-13-19(27)10-9-16(17)12-18/h7-10,12-13,27H,2-6,11,14,24H2,1H3,(H,28,29). The molecule has 0 atom stereocenters. The third-order valence-corrected chi connectivity index (χ3v) is 4.97. The SMILES string of the molecule is Cc1nc(-c2ccc3cc(O)ccc3c2)nc(OCC(=O)O)c1CCCCCCN. The summed E-state index contributed by atoms with van der Waals surface area (Å²) in [6.45, 7) is 2.13. The van der Waals surface area contributed by atoms with Gasteiger partial charge in [0.05, 0.1) is 0 Å². The maximum Gasteiger partial charge on any atom is 0.341 e. The predicted molar refractivity (Wildman–Crippen MR) is 116 cm³/mol. The fourth-order valence-corrected chi connectivity index (χ4v) is 3.41. The normalized spacial score (nSPS) is 11.0. The highest BCUT2D eigenvalue weighted by molar-refractivity contribution is 5.87. The van der Waals surface area contributed by atoms with Crippen molar-refractivity contribution in [1.82, 2.24) is 9.97 Å². The van der Waals surface area contributed by atoms with E-state index >= 15 is 0 Å².